The van der Waals surface area contributed by atoms with E-state index < -0.39 is 0 Å². The average Bonchev–Trinajstić information content (AvgIpc) is 2.62. The van der Waals surface area contributed by atoms with Gasteiger partial charge in [0.25, 0.3) is 0 Å². The Balaban J connectivity index is 1.75. The summed E-state index contributed by atoms with van der Waals surface area (Å²) in [6.07, 6.45) is 2.46. The molecule has 0 atom stereocenters. The van der Waals surface area contributed by atoms with E-state index in [2.05, 4.69) is 22.8 Å². The van der Waals surface area contributed by atoms with Crippen LogP contribution in [0, 0.1) is 0 Å². The Hall–Kier alpha value is -2.37. The fourth-order valence-corrected chi connectivity index (χ4v) is 2.57. The Kier molecular flexibility index (Phi) is 7.63. The van der Waals surface area contributed by atoms with Gasteiger partial charge in [0.05, 0.1) is 11.2 Å². The molecule has 136 valence electrons. The quantitative estimate of drug-likeness (QED) is 0.541. The molecule has 2 aromatic carbocycles. The number of aryl methyl sites for hydroxylation is 1. The Morgan fingerprint density at radius 2 is 1.73 bits per heavy atom. The van der Waals surface area contributed by atoms with Crippen LogP contribution in [0.1, 0.15) is 30.9 Å². The maximum atomic E-state index is 11.9. The summed E-state index contributed by atoms with van der Waals surface area (Å²) in [6, 6.07) is 12.6. The fourth-order valence-electron chi connectivity index (χ4n) is 2.11. The standard InChI is InChI=1S/C19H19Cl2N3O2/c1-2-13-3-7-16(8-4-13)23-18(25)9-10-19(26)24-22-12-14-5-6-15(20)11-17(14)21/h3-8,11-12H,2,9-10H2,1H3,(H,23,25)(H,24,26)/b22-12+. The minimum absolute atomic E-state index is 0.0323. The third kappa shape index (κ3) is 6.50. The molecule has 0 radical (unpaired) electrons. The number of hydrogen-bond acceptors (Lipinski definition) is 3. The summed E-state index contributed by atoms with van der Waals surface area (Å²) in [5.41, 5.74) is 4.90. The van der Waals surface area contributed by atoms with E-state index in [9.17, 15) is 9.59 Å². The maximum Gasteiger partial charge on any atom is 0.240 e. The first-order valence-electron chi connectivity index (χ1n) is 8.13. The molecule has 0 fully saturated rings. The second-order valence-corrected chi connectivity index (χ2v) is 6.40. The van der Waals surface area contributed by atoms with Crippen LogP contribution in [0.25, 0.3) is 0 Å². The second-order valence-electron chi connectivity index (χ2n) is 5.56. The summed E-state index contributed by atoms with van der Waals surface area (Å²) in [5, 5.41) is 7.54. The molecule has 0 aliphatic carbocycles. The van der Waals surface area contributed by atoms with E-state index >= 15 is 0 Å². The average molecular weight is 392 g/mol. The highest BCUT2D eigenvalue weighted by molar-refractivity contribution is 6.36. The van der Waals surface area contributed by atoms with Crippen molar-refractivity contribution in [3.8, 4) is 0 Å². The van der Waals surface area contributed by atoms with E-state index in [0.29, 0.717) is 21.3 Å². The van der Waals surface area contributed by atoms with E-state index in [0.717, 1.165) is 6.42 Å². The predicted octanol–water partition coefficient (Wildman–Crippen LogP) is 4.42. The largest absolute Gasteiger partial charge is 0.326 e. The van der Waals surface area contributed by atoms with Gasteiger partial charge in [-0.05, 0) is 36.2 Å². The smallest absolute Gasteiger partial charge is 0.240 e. The van der Waals surface area contributed by atoms with Crippen LogP contribution in [-0.2, 0) is 16.0 Å². The number of carbonyl (C=O) groups is 2. The molecule has 0 aliphatic heterocycles. The fraction of sp³-hybridized carbons (Fsp3) is 0.211. The van der Waals surface area contributed by atoms with Gasteiger partial charge >= 0.3 is 0 Å². The highest BCUT2D eigenvalue weighted by Gasteiger charge is 2.07. The Morgan fingerprint density at radius 1 is 1.04 bits per heavy atom. The van der Waals surface area contributed by atoms with Gasteiger partial charge in [-0.3, -0.25) is 9.59 Å². The number of hydrazone groups is 1. The van der Waals surface area contributed by atoms with Crippen LogP contribution in [0.4, 0.5) is 5.69 Å². The maximum absolute atomic E-state index is 11.9. The molecule has 7 heteroatoms. The van der Waals surface area contributed by atoms with Gasteiger partial charge < -0.3 is 5.32 Å². The zero-order chi connectivity index (χ0) is 18.9. The number of anilines is 1. The number of carbonyl (C=O) groups excluding carboxylic acids is 2. The highest BCUT2D eigenvalue weighted by Crippen LogP contribution is 2.19. The van der Waals surface area contributed by atoms with Crippen molar-refractivity contribution >= 4 is 46.9 Å². The Labute approximate surface area is 162 Å². The summed E-state index contributed by atoms with van der Waals surface area (Å²) < 4.78 is 0. The van der Waals surface area contributed by atoms with Crippen molar-refractivity contribution in [2.45, 2.75) is 26.2 Å². The van der Waals surface area contributed by atoms with Crippen molar-refractivity contribution in [2.24, 2.45) is 5.10 Å². The number of hydrogen-bond donors (Lipinski definition) is 2. The summed E-state index contributed by atoms with van der Waals surface area (Å²) in [4.78, 5) is 23.6. The SMILES string of the molecule is CCc1ccc(NC(=O)CCC(=O)N/N=C/c2ccc(Cl)cc2Cl)cc1. The highest BCUT2D eigenvalue weighted by atomic mass is 35.5. The first-order valence-corrected chi connectivity index (χ1v) is 8.89. The molecule has 0 saturated carbocycles. The summed E-state index contributed by atoms with van der Waals surface area (Å²) in [7, 11) is 0. The lowest BCUT2D eigenvalue weighted by Gasteiger charge is -2.05. The van der Waals surface area contributed by atoms with Gasteiger partial charge in [0.1, 0.15) is 0 Å². The molecular formula is C19H19Cl2N3O2. The number of benzene rings is 2. The molecule has 2 rings (SSSR count). The van der Waals surface area contributed by atoms with Crippen LogP contribution in [0.3, 0.4) is 0 Å². The second kappa shape index (κ2) is 9.94. The van der Waals surface area contributed by atoms with Gasteiger partial charge in [0.2, 0.25) is 11.8 Å². The topological polar surface area (TPSA) is 70.6 Å². The molecule has 5 nitrogen and oxygen atoms in total. The lowest BCUT2D eigenvalue weighted by Crippen LogP contribution is -2.20. The van der Waals surface area contributed by atoms with E-state index in [1.54, 1.807) is 18.2 Å². The van der Waals surface area contributed by atoms with E-state index in [1.165, 1.54) is 11.8 Å². The molecule has 0 spiro atoms. The van der Waals surface area contributed by atoms with Crippen LogP contribution in [0.5, 0.6) is 0 Å². The lowest BCUT2D eigenvalue weighted by atomic mass is 10.1. The zero-order valence-corrected chi connectivity index (χ0v) is 15.8. The zero-order valence-electron chi connectivity index (χ0n) is 14.3. The van der Waals surface area contributed by atoms with Gasteiger partial charge in [-0.15, -0.1) is 0 Å². The lowest BCUT2D eigenvalue weighted by molar-refractivity contribution is -0.124. The molecule has 0 aliphatic rings. The molecule has 0 unspecified atom stereocenters. The van der Waals surface area contributed by atoms with Crippen LogP contribution < -0.4 is 10.7 Å². The summed E-state index contributed by atoms with van der Waals surface area (Å²) >= 11 is 11.8. The number of rotatable bonds is 7. The normalized spacial score (nSPS) is 10.7. The molecule has 2 amide bonds. The minimum Gasteiger partial charge on any atom is -0.326 e. The van der Waals surface area contributed by atoms with Crippen LogP contribution >= 0.6 is 23.2 Å². The van der Waals surface area contributed by atoms with Crippen molar-refractivity contribution in [1.82, 2.24) is 5.43 Å². The van der Waals surface area contributed by atoms with Crippen molar-refractivity contribution in [1.29, 1.82) is 0 Å². The molecular weight excluding hydrogens is 373 g/mol. The first kappa shape index (κ1) is 19.9. The van der Waals surface area contributed by atoms with Gasteiger partial charge in [-0.25, -0.2) is 5.43 Å². The van der Waals surface area contributed by atoms with E-state index in [-0.39, 0.29) is 24.7 Å². The van der Waals surface area contributed by atoms with Gasteiger partial charge in [-0.2, -0.15) is 5.10 Å². The summed E-state index contributed by atoms with van der Waals surface area (Å²) in [5.74, 6) is -0.586. The van der Waals surface area contributed by atoms with Crippen molar-refractivity contribution in [2.75, 3.05) is 5.32 Å². The molecule has 0 aromatic heterocycles. The summed E-state index contributed by atoms with van der Waals surface area (Å²) in [6.45, 7) is 2.07. The van der Waals surface area contributed by atoms with Crippen LogP contribution in [0.15, 0.2) is 47.6 Å². The number of halogens is 2. The van der Waals surface area contributed by atoms with Crippen molar-refractivity contribution in [3.63, 3.8) is 0 Å². The van der Waals surface area contributed by atoms with E-state index in [1.807, 2.05) is 24.3 Å². The molecule has 0 saturated heterocycles. The molecule has 0 heterocycles. The third-order valence-corrected chi connectivity index (χ3v) is 4.14. The molecule has 26 heavy (non-hydrogen) atoms. The molecule has 2 N–H and O–H groups in total. The van der Waals surface area contributed by atoms with Crippen LogP contribution in [-0.4, -0.2) is 18.0 Å². The number of nitrogens with one attached hydrogen (secondary N) is 2. The van der Waals surface area contributed by atoms with Crippen molar-refractivity contribution < 1.29 is 9.59 Å². The Bertz CT molecular complexity index is 805. The predicted molar refractivity (Wildman–Crippen MR) is 106 cm³/mol. The minimum atomic E-state index is -0.359. The monoisotopic (exact) mass is 391 g/mol. The van der Waals surface area contributed by atoms with Crippen LogP contribution in [0.2, 0.25) is 10.0 Å². The van der Waals surface area contributed by atoms with Gasteiger partial charge in [0.15, 0.2) is 0 Å². The van der Waals surface area contributed by atoms with Crippen molar-refractivity contribution in [3.05, 3.63) is 63.6 Å². The van der Waals surface area contributed by atoms with E-state index in [4.69, 9.17) is 23.2 Å². The Morgan fingerprint density at radius 3 is 2.38 bits per heavy atom. The number of nitrogens with zero attached hydrogens (tertiary/aromatic N) is 1. The van der Waals surface area contributed by atoms with Gasteiger partial charge in [0, 0.05) is 29.1 Å². The third-order valence-electron chi connectivity index (χ3n) is 3.58. The first-order chi connectivity index (χ1) is 12.5. The number of amides is 2. The molecule has 2 aromatic rings. The van der Waals surface area contributed by atoms with Gasteiger partial charge in [-0.1, -0.05) is 48.3 Å². The molecule has 0 bridgehead atoms.